The van der Waals surface area contributed by atoms with Crippen LogP contribution in [0.3, 0.4) is 0 Å². The molecule has 23 heavy (non-hydrogen) atoms. The van der Waals surface area contributed by atoms with Gasteiger partial charge in [-0.15, -0.1) is 0 Å². The molecule has 0 aromatic heterocycles. The summed E-state index contributed by atoms with van der Waals surface area (Å²) in [5.74, 6) is -1.39. The molecule has 0 amide bonds. The summed E-state index contributed by atoms with van der Waals surface area (Å²) in [5, 5.41) is 18.4. The second kappa shape index (κ2) is 9.94. The van der Waals surface area contributed by atoms with Crippen LogP contribution in [-0.2, 0) is 9.59 Å². The Balaban J connectivity index is 2.28. The highest BCUT2D eigenvalue weighted by atomic mass is 16.4. The van der Waals surface area contributed by atoms with Gasteiger partial charge in [-0.1, -0.05) is 59.3 Å². The van der Waals surface area contributed by atoms with E-state index in [9.17, 15) is 14.7 Å². The van der Waals surface area contributed by atoms with E-state index in [1.165, 1.54) is 25.7 Å². The Hall–Kier alpha value is -1.06. The fraction of sp³-hybridized carbons (Fsp3) is 0.895. The SMILES string of the molecule is CC(C)CCCC(C)CCCC1CCC(C(=O)O)C(C(=O)O)C1. The predicted molar refractivity (Wildman–Crippen MR) is 91.3 cm³/mol. The number of hydrogen-bond acceptors (Lipinski definition) is 2. The lowest BCUT2D eigenvalue weighted by Gasteiger charge is -2.31. The Bertz CT molecular complexity index is 378. The van der Waals surface area contributed by atoms with Crippen LogP contribution in [0.2, 0.25) is 0 Å². The van der Waals surface area contributed by atoms with Gasteiger partial charge in [0.05, 0.1) is 11.8 Å². The lowest BCUT2D eigenvalue weighted by molar-refractivity contribution is -0.156. The van der Waals surface area contributed by atoms with Crippen molar-refractivity contribution < 1.29 is 19.8 Å². The summed E-state index contributed by atoms with van der Waals surface area (Å²) in [7, 11) is 0. The lowest BCUT2D eigenvalue weighted by Crippen LogP contribution is -2.35. The zero-order valence-corrected chi connectivity index (χ0v) is 15.0. The van der Waals surface area contributed by atoms with Gasteiger partial charge in [-0.2, -0.15) is 0 Å². The number of carboxylic acid groups (broad SMARTS) is 2. The summed E-state index contributed by atoms with van der Waals surface area (Å²) in [5.41, 5.74) is 0. The molecule has 134 valence electrons. The summed E-state index contributed by atoms with van der Waals surface area (Å²) in [6, 6.07) is 0. The topological polar surface area (TPSA) is 74.6 Å². The molecule has 4 unspecified atom stereocenters. The quantitative estimate of drug-likeness (QED) is 0.603. The Morgan fingerprint density at radius 1 is 0.913 bits per heavy atom. The Kier molecular flexibility index (Phi) is 8.64. The summed E-state index contributed by atoms with van der Waals surface area (Å²) >= 11 is 0. The van der Waals surface area contributed by atoms with Crippen LogP contribution >= 0.6 is 0 Å². The third kappa shape index (κ3) is 7.36. The van der Waals surface area contributed by atoms with Crippen LogP contribution in [-0.4, -0.2) is 22.2 Å². The Labute approximate surface area is 140 Å². The molecule has 4 nitrogen and oxygen atoms in total. The second-order valence-corrected chi connectivity index (χ2v) is 7.93. The van der Waals surface area contributed by atoms with Gasteiger partial charge in [0, 0.05) is 0 Å². The third-order valence-electron chi connectivity index (χ3n) is 5.38. The number of aliphatic carboxylic acids is 2. The monoisotopic (exact) mass is 326 g/mol. The van der Waals surface area contributed by atoms with Crippen molar-refractivity contribution in [2.75, 3.05) is 0 Å². The number of carboxylic acids is 2. The van der Waals surface area contributed by atoms with Crippen molar-refractivity contribution in [3.63, 3.8) is 0 Å². The molecule has 1 aliphatic rings. The van der Waals surface area contributed by atoms with Gasteiger partial charge in [-0.05, 0) is 37.0 Å². The van der Waals surface area contributed by atoms with Crippen LogP contribution in [0.15, 0.2) is 0 Å². The molecule has 2 N–H and O–H groups in total. The minimum Gasteiger partial charge on any atom is -0.481 e. The van der Waals surface area contributed by atoms with Crippen molar-refractivity contribution in [3.05, 3.63) is 0 Å². The summed E-state index contributed by atoms with van der Waals surface area (Å²) in [6.45, 7) is 6.83. The highest BCUT2D eigenvalue weighted by Gasteiger charge is 2.39. The van der Waals surface area contributed by atoms with Crippen LogP contribution in [0.4, 0.5) is 0 Å². The molecule has 0 bridgehead atoms. The van der Waals surface area contributed by atoms with Gasteiger partial charge in [0.2, 0.25) is 0 Å². The molecular formula is C19H34O4. The summed E-state index contributed by atoms with van der Waals surface area (Å²) in [6.07, 6.45) is 9.17. The average molecular weight is 326 g/mol. The van der Waals surface area contributed by atoms with Gasteiger partial charge in [-0.25, -0.2) is 0 Å². The van der Waals surface area contributed by atoms with Crippen LogP contribution in [0, 0.1) is 29.6 Å². The van der Waals surface area contributed by atoms with Crippen molar-refractivity contribution >= 4 is 11.9 Å². The first kappa shape index (κ1) is 20.0. The molecule has 1 saturated carbocycles. The van der Waals surface area contributed by atoms with Gasteiger partial charge in [-0.3, -0.25) is 9.59 Å². The van der Waals surface area contributed by atoms with Crippen LogP contribution < -0.4 is 0 Å². The molecule has 0 radical (unpaired) electrons. The minimum absolute atomic E-state index is 0.384. The molecule has 0 saturated heterocycles. The van der Waals surface area contributed by atoms with E-state index in [0.717, 1.165) is 31.1 Å². The van der Waals surface area contributed by atoms with Crippen molar-refractivity contribution in [3.8, 4) is 0 Å². The molecule has 0 aliphatic heterocycles. The molecule has 4 atom stereocenters. The number of rotatable bonds is 10. The van der Waals surface area contributed by atoms with E-state index in [-0.39, 0.29) is 0 Å². The zero-order chi connectivity index (χ0) is 17.4. The van der Waals surface area contributed by atoms with Gasteiger partial charge >= 0.3 is 11.9 Å². The Morgan fingerprint density at radius 3 is 2.09 bits per heavy atom. The highest BCUT2D eigenvalue weighted by Crippen LogP contribution is 2.37. The fourth-order valence-corrected chi connectivity index (χ4v) is 3.86. The standard InChI is InChI=1S/C19H34O4/c1-13(2)6-4-7-14(3)8-5-9-15-10-11-16(18(20)21)17(12-15)19(22)23/h13-17H,4-12H2,1-3H3,(H,20,21)(H,22,23). The van der Waals surface area contributed by atoms with Crippen molar-refractivity contribution in [2.45, 2.75) is 78.6 Å². The zero-order valence-electron chi connectivity index (χ0n) is 15.0. The van der Waals surface area contributed by atoms with E-state index in [4.69, 9.17) is 5.11 Å². The van der Waals surface area contributed by atoms with Gasteiger partial charge < -0.3 is 10.2 Å². The van der Waals surface area contributed by atoms with Crippen molar-refractivity contribution in [1.29, 1.82) is 0 Å². The Morgan fingerprint density at radius 2 is 1.52 bits per heavy atom. The van der Waals surface area contributed by atoms with Gasteiger partial charge in [0.15, 0.2) is 0 Å². The third-order valence-corrected chi connectivity index (χ3v) is 5.38. The van der Waals surface area contributed by atoms with Gasteiger partial charge in [0.1, 0.15) is 0 Å². The molecule has 0 spiro atoms. The van der Waals surface area contributed by atoms with E-state index >= 15 is 0 Å². The molecule has 0 heterocycles. The minimum atomic E-state index is -0.949. The average Bonchev–Trinajstić information content (AvgIpc) is 2.46. The molecule has 0 aromatic carbocycles. The number of hydrogen-bond donors (Lipinski definition) is 2. The fourth-order valence-electron chi connectivity index (χ4n) is 3.86. The van der Waals surface area contributed by atoms with E-state index in [2.05, 4.69) is 20.8 Å². The second-order valence-electron chi connectivity index (χ2n) is 7.93. The van der Waals surface area contributed by atoms with E-state index in [0.29, 0.717) is 18.8 Å². The van der Waals surface area contributed by atoms with Crippen LogP contribution in [0.25, 0.3) is 0 Å². The van der Waals surface area contributed by atoms with Crippen molar-refractivity contribution in [1.82, 2.24) is 0 Å². The maximum Gasteiger partial charge on any atom is 0.307 e. The lowest BCUT2D eigenvalue weighted by atomic mass is 9.72. The van der Waals surface area contributed by atoms with E-state index in [1.54, 1.807) is 0 Å². The molecule has 0 aromatic rings. The molecular weight excluding hydrogens is 292 g/mol. The largest absolute Gasteiger partial charge is 0.481 e. The number of carbonyl (C=O) groups is 2. The normalized spacial score (nSPS) is 26.2. The smallest absolute Gasteiger partial charge is 0.307 e. The maximum absolute atomic E-state index is 11.3. The summed E-state index contributed by atoms with van der Waals surface area (Å²) < 4.78 is 0. The highest BCUT2D eigenvalue weighted by molar-refractivity contribution is 5.80. The van der Waals surface area contributed by atoms with E-state index in [1.807, 2.05) is 0 Å². The molecule has 1 fully saturated rings. The first-order valence-electron chi connectivity index (χ1n) is 9.26. The van der Waals surface area contributed by atoms with Gasteiger partial charge in [0.25, 0.3) is 0 Å². The summed E-state index contributed by atoms with van der Waals surface area (Å²) in [4.78, 5) is 22.5. The first-order valence-corrected chi connectivity index (χ1v) is 9.26. The molecule has 4 heteroatoms. The van der Waals surface area contributed by atoms with E-state index < -0.39 is 23.8 Å². The predicted octanol–water partition coefficient (Wildman–Crippen LogP) is 4.82. The maximum atomic E-state index is 11.3. The molecule has 1 aliphatic carbocycles. The molecule has 1 rings (SSSR count). The van der Waals surface area contributed by atoms with Crippen LogP contribution in [0.1, 0.15) is 78.6 Å². The van der Waals surface area contributed by atoms with Crippen LogP contribution in [0.5, 0.6) is 0 Å². The first-order chi connectivity index (χ1) is 10.8. The van der Waals surface area contributed by atoms with Crippen molar-refractivity contribution in [2.24, 2.45) is 29.6 Å².